The van der Waals surface area contributed by atoms with Crippen molar-refractivity contribution < 1.29 is 4.79 Å². The van der Waals surface area contributed by atoms with Crippen LogP contribution in [0.15, 0.2) is 45.7 Å². The molecule has 0 N–H and O–H groups in total. The molecule has 0 amide bonds. The normalized spacial score (nSPS) is 12.6. The van der Waals surface area contributed by atoms with Gasteiger partial charge in [-0.3, -0.25) is 14.2 Å². The third-order valence-electron chi connectivity index (χ3n) is 3.48. The summed E-state index contributed by atoms with van der Waals surface area (Å²) in [5.41, 5.74) is 1.20. The SMILES string of the molecule is O=C1c2cc(Br)ccc2-n2c1nc1cc(Cl)ccc1c2=O. The lowest BCUT2D eigenvalue weighted by molar-refractivity contribution is 0.103. The molecule has 0 atom stereocenters. The summed E-state index contributed by atoms with van der Waals surface area (Å²) in [5, 5.41) is 0.914. The van der Waals surface area contributed by atoms with E-state index in [2.05, 4.69) is 20.9 Å². The van der Waals surface area contributed by atoms with E-state index in [0.29, 0.717) is 27.2 Å². The molecule has 6 heteroatoms. The van der Waals surface area contributed by atoms with Gasteiger partial charge in [0.1, 0.15) is 0 Å². The van der Waals surface area contributed by atoms with Crippen LogP contribution in [0.5, 0.6) is 0 Å². The Morgan fingerprint density at radius 3 is 2.71 bits per heavy atom. The Bertz CT molecular complexity index is 1010. The maximum atomic E-state index is 12.6. The Hall–Kier alpha value is -1.98. The van der Waals surface area contributed by atoms with Crippen LogP contribution in [0.4, 0.5) is 0 Å². The standard InChI is InChI=1S/C15H6BrClN2O2/c16-7-1-4-12-10(5-7)13(20)14-18-11-6-8(17)2-3-9(11)15(21)19(12)14/h1-6H. The van der Waals surface area contributed by atoms with Crippen molar-refractivity contribution in [2.24, 2.45) is 0 Å². The van der Waals surface area contributed by atoms with Gasteiger partial charge < -0.3 is 0 Å². The second-order valence-electron chi connectivity index (χ2n) is 4.73. The largest absolute Gasteiger partial charge is 0.285 e. The lowest BCUT2D eigenvalue weighted by atomic mass is 10.1. The first-order valence-electron chi connectivity index (χ1n) is 6.13. The molecule has 0 bridgehead atoms. The zero-order valence-corrected chi connectivity index (χ0v) is 12.8. The Kier molecular flexibility index (Phi) is 2.58. The van der Waals surface area contributed by atoms with Crippen molar-refractivity contribution in [3.8, 4) is 5.69 Å². The van der Waals surface area contributed by atoms with E-state index in [4.69, 9.17) is 11.6 Å². The summed E-state index contributed by atoms with van der Waals surface area (Å²) >= 11 is 9.26. The minimum Gasteiger partial charge on any atom is -0.285 e. The highest BCUT2D eigenvalue weighted by Gasteiger charge is 2.30. The van der Waals surface area contributed by atoms with Crippen LogP contribution in [-0.4, -0.2) is 15.3 Å². The molecule has 1 aliphatic heterocycles. The molecule has 1 aliphatic rings. The van der Waals surface area contributed by atoms with Crippen molar-refractivity contribution in [2.45, 2.75) is 0 Å². The topological polar surface area (TPSA) is 52.0 Å². The zero-order chi connectivity index (χ0) is 14.7. The number of fused-ring (bicyclic) bond motifs is 4. The molecule has 4 rings (SSSR count). The number of hydrogen-bond donors (Lipinski definition) is 0. The van der Waals surface area contributed by atoms with E-state index < -0.39 is 0 Å². The van der Waals surface area contributed by atoms with Gasteiger partial charge in [-0.25, -0.2) is 4.98 Å². The van der Waals surface area contributed by atoms with Gasteiger partial charge in [0, 0.05) is 9.50 Å². The quantitative estimate of drug-likeness (QED) is 0.483. The second kappa shape index (κ2) is 4.26. The van der Waals surface area contributed by atoms with Crippen LogP contribution in [0.3, 0.4) is 0 Å². The minimum atomic E-state index is -0.263. The molecule has 0 saturated carbocycles. The number of rotatable bonds is 0. The lowest BCUT2D eigenvalue weighted by Crippen LogP contribution is -2.21. The summed E-state index contributed by atoms with van der Waals surface area (Å²) in [6, 6.07) is 10.1. The number of halogens is 2. The summed E-state index contributed by atoms with van der Waals surface area (Å²) in [4.78, 5) is 29.4. The fourth-order valence-electron chi connectivity index (χ4n) is 2.54. The van der Waals surface area contributed by atoms with Crippen molar-refractivity contribution in [2.75, 3.05) is 0 Å². The van der Waals surface area contributed by atoms with Crippen LogP contribution in [0.2, 0.25) is 5.02 Å². The zero-order valence-electron chi connectivity index (χ0n) is 10.4. The number of ketones is 1. The van der Waals surface area contributed by atoms with E-state index in [9.17, 15) is 9.59 Å². The summed E-state index contributed by atoms with van der Waals surface area (Å²) in [6.07, 6.45) is 0. The molecule has 0 saturated heterocycles. The molecule has 4 nitrogen and oxygen atoms in total. The molecule has 2 aromatic carbocycles. The molecule has 0 aliphatic carbocycles. The van der Waals surface area contributed by atoms with E-state index in [1.165, 1.54) is 4.57 Å². The van der Waals surface area contributed by atoms with Gasteiger partial charge in [0.05, 0.1) is 22.2 Å². The van der Waals surface area contributed by atoms with E-state index in [1.807, 2.05) is 0 Å². The fraction of sp³-hybridized carbons (Fsp3) is 0. The monoisotopic (exact) mass is 360 g/mol. The minimum absolute atomic E-state index is 0.128. The summed E-state index contributed by atoms with van der Waals surface area (Å²) < 4.78 is 2.14. The lowest BCUT2D eigenvalue weighted by Gasteiger charge is -2.05. The fourth-order valence-corrected chi connectivity index (χ4v) is 3.07. The molecular weight excluding hydrogens is 356 g/mol. The summed E-state index contributed by atoms with van der Waals surface area (Å²) in [7, 11) is 0. The number of carbonyl (C=O) groups is 1. The van der Waals surface area contributed by atoms with Crippen LogP contribution in [0, 0.1) is 0 Å². The molecule has 0 radical (unpaired) electrons. The van der Waals surface area contributed by atoms with Gasteiger partial charge in [-0.2, -0.15) is 0 Å². The molecule has 0 unspecified atom stereocenters. The van der Waals surface area contributed by atoms with Crippen LogP contribution < -0.4 is 5.56 Å². The highest BCUT2D eigenvalue weighted by molar-refractivity contribution is 9.10. The van der Waals surface area contributed by atoms with E-state index in [-0.39, 0.29) is 17.2 Å². The first-order chi connectivity index (χ1) is 10.1. The maximum Gasteiger partial charge on any atom is 0.266 e. The number of carbonyl (C=O) groups excluding carboxylic acids is 1. The molecule has 2 heterocycles. The number of nitrogens with zero attached hydrogens (tertiary/aromatic N) is 2. The Balaban J connectivity index is 2.17. The van der Waals surface area contributed by atoms with Crippen molar-refractivity contribution in [1.82, 2.24) is 9.55 Å². The highest BCUT2D eigenvalue weighted by Crippen LogP contribution is 2.29. The summed E-state index contributed by atoms with van der Waals surface area (Å²) in [5.74, 6) is -0.131. The molecule has 102 valence electrons. The molecule has 3 aromatic rings. The average molecular weight is 362 g/mol. The van der Waals surface area contributed by atoms with Crippen LogP contribution in [0.25, 0.3) is 16.6 Å². The Morgan fingerprint density at radius 1 is 1.10 bits per heavy atom. The first-order valence-corrected chi connectivity index (χ1v) is 7.30. The van der Waals surface area contributed by atoms with Crippen molar-refractivity contribution in [3.63, 3.8) is 0 Å². The maximum absolute atomic E-state index is 12.6. The van der Waals surface area contributed by atoms with Gasteiger partial charge in [-0.1, -0.05) is 27.5 Å². The molecule has 0 spiro atoms. The van der Waals surface area contributed by atoms with Crippen LogP contribution >= 0.6 is 27.5 Å². The summed E-state index contributed by atoms with van der Waals surface area (Å²) in [6.45, 7) is 0. The van der Waals surface area contributed by atoms with E-state index in [0.717, 1.165) is 4.47 Å². The number of aromatic nitrogens is 2. The third-order valence-corrected chi connectivity index (χ3v) is 4.21. The molecule has 21 heavy (non-hydrogen) atoms. The Labute approximate surface area is 132 Å². The first kappa shape index (κ1) is 12.7. The van der Waals surface area contributed by atoms with Crippen LogP contribution in [0.1, 0.15) is 16.2 Å². The molecule has 0 fully saturated rings. The highest BCUT2D eigenvalue weighted by atomic mass is 79.9. The van der Waals surface area contributed by atoms with Crippen molar-refractivity contribution >= 4 is 44.2 Å². The van der Waals surface area contributed by atoms with E-state index in [1.54, 1.807) is 36.4 Å². The van der Waals surface area contributed by atoms with Gasteiger partial charge in [-0.05, 0) is 36.4 Å². The average Bonchev–Trinajstić information content (AvgIpc) is 2.72. The molecular formula is C15H6BrClN2O2. The number of hydrogen-bond acceptors (Lipinski definition) is 3. The van der Waals surface area contributed by atoms with Gasteiger partial charge in [-0.15, -0.1) is 0 Å². The smallest absolute Gasteiger partial charge is 0.266 e. The van der Waals surface area contributed by atoms with Crippen molar-refractivity contribution in [1.29, 1.82) is 0 Å². The van der Waals surface area contributed by atoms with Gasteiger partial charge in [0.2, 0.25) is 5.78 Å². The van der Waals surface area contributed by atoms with Crippen LogP contribution in [-0.2, 0) is 0 Å². The third kappa shape index (κ3) is 1.71. The Morgan fingerprint density at radius 2 is 1.90 bits per heavy atom. The predicted octanol–water partition coefficient (Wildman–Crippen LogP) is 3.35. The second-order valence-corrected chi connectivity index (χ2v) is 6.08. The van der Waals surface area contributed by atoms with Crippen molar-refractivity contribution in [3.05, 3.63) is 67.6 Å². The van der Waals surface area contributed by atoms with Gasteiger partial charge in [0.15, 0.2) is 5.82 Å². The van der Waals surface area contributed by atoms with Gasteiger partial charge >= 0.3 is 0 Å². The number of benzene rings is 2. The van der Waals surface area contributed by atoms with Gasteiger partial charge in [0.25, 0.3) is 5.56 Å². The predicted molar refractivity (Wildman–Crippen MR) is 83.5 cm³/mol. The van der Waals surface area contributed by atoms with E-state index >= 15 is 0 Å². The molecule has 1 aromatic heterocycles.